The Bertz CT molecular complexity index is 446. The lowest BCUT2D eigenvalue weighted by Gasteiger charge is -2.11. The van der Waals surface area contributed by atoms with Crippen LogP contribution in [0, 0.1) is 24.2 Å². The van der Waals surface area contributed by atoms with Crippen LogP contribution in [0.15, 0.2) is 18.2 Å². The third-order valence-electron chi connectivity index (χ3n) is 2.87. The normalized spacial score (nSPS) is 11.6. The number of anilines is 1. The lowest BCUT2D eigenvalue weighted by Crippen LogP contribution is -2.15. The Hall–Kier alpha value is -1.82. The summed E-state index contributed by atoms with van der Waals surface area (Å²) in [5, 5.41) is 11.7. The standard InChI is InChI=1S/C14H18N2O/c1-4-10(2)7-14(17)16-13-8-12(9-15)6-5-11(13)3/h5-6,8,10H,4,7H2,1-3H3,(H,16,17). The van der Waals surface area contributed by atoms with Crippen LogP contribution in [-0.4, -0.2) is 5.91 Å². The number of hydrogen-bond donors (Lipinski definition) is 1. The van der Waals surface area contributed by atoms with Crippen molar-refractivity contribution in [3.8, 4) is 6.07 Å². The van der Waals surface area contributed by atoms with Crippen molar-refractivity contribution in [2.24, 2.45) is 5.92 Å². The van der Waals surface area contributed by atoms with Crippen LogP contribution in [-0.2, 0) is 4.79 Å². The van der Waals surface area contributed by atoms with Gasteiger partial charge < -0.3 is 5.32 Å². The minimum absolute atomic E-state index is 0.0116. The number of nitriles is 1. The molecule has 1 unspecified atom stereocenters. The number of carbonyl (C=O) groups is 1. The Labute approximate surface area is 102 Å². The number of nitrogens with one attached hydrogen (secondary N) is 1. The molecule has 90 valence electrons. The van der Waals surface area contributed by atoms with Crippen LogP contribution in [0.5, 0.6) is 0 Å². The maximum absolute atomic E-state index is 11.7. The molecule has 1 rings (SSSR count). The van der Waals surface area contributed by atoms with E-state index in [-0.39, 0.29) is 5.91 Å². The highest BCUT2D eigenvalue weighted by Crippen LogP contribution is 2.17. The first-order chi connectivity index (χ1) is 8.06. The highest BCUT2D eigenvalue weighted by molar-refractivity contribution is 5.91. The zero-order valence-corrected chi connectivity index (χ0v) is 10.6. The highest BCUT2D eigenvalue weighted by Gasteiger charge is 2.09. The van der Waals surface area contributed by atoms with Crippen LogP contribution >= 0.6 is 0 Å². The molecule has 0 saturated heterocycles. The average Bonchev–Trinajstić information content (AvgIpc) is 2.31. The first-order valence-corrected chi connectivity index (χ1v) is 5.87. The molecule has 0 aromatic heterocycles. The van der Waals surface area contributed by atoms with Crippen LogP contribution in [0.3, 0.4) is 0 Å². The molecule has 0 saturated carbocycles. The molecule has 0 spiro atoms. The highest BCUT2D eigenvalue weighted by atomic mass is 16.1. The first-order valence-electron chi connectivity index (χ1n) is 5.87. The number of aryl methyl sites for hydroxylation is 1. The van der Waals surface area contributed by atoms with E-state index in [1.807, 2.05) is 13.0 Å². The summed E-state index contributed by atoms with van der Waals surface area (Å²) in [7, 11) is 0. The van der Waals surface area contributed by atoms with Gasteiger partial charge in [-0.25, -0.2) is 0 Å². The number of nitrogens with zero attached hydrogens (tertiary/aromatic N) is 1. The van der Waals surface area contributed by atoms with Gasteiger partial charge in [0.1, 0.15) is 0 Å². The first kappa shape index (κ1) is 13.2. The van der Waals surface area contributed by atoms with Crippen molar-refractivity contribution in [2.75, 3.05) is 5.32 Å². The van der Waals surface area contributed by atoms with Crippen molar-refractivity contribution in [2.45, 2.75) is 33.6 Å². The largest absolute Gasteiger partial charge is 0.326 e. The molecule has 0 aliphatic rings. The van der Waals surface area contributed by atoms with E-state index < -0.39 is 0 Å². The quantitative estimate of drug-likeness (QED) is 0.863. The smallest absolute Gasteiger partial charge is 0.224 e. The average molecular weight is 230 g/mol. The lowest BCUT2D eigenvalue weighted by molar-refractivity contribution is -0.117. The Balaban J connectivity index is 2.74. The van der Waals surface area contributed by atoms with Crippen molar-refractivity contribution in [1.82, 2.24) is 0 Å². The molecule has 1 atom stereocenters. The van der Waals surface area contributed by atoms with Gasteiger partial charge in [0, 0.05) is 12.1 Å². The molecule has 1 aromatic rings. The second kappa shape index (κ2) is 6.05. The third-order valence-corrected chi connectivity index (χ3v) is 2.87. The van der Waals surface area contributed by atoms with Gasteiger partial charge in [-0.1, -0.05) is 26.3 Å². The van der Waals surface area contributed by atoms with Gasteiger partial charge in [0.2, 0.25) is 5.91 Å². The molecule has 0 heterocycles. The Morgan fingerprint density at radius 2 is 2.24 bits per heavy atom. The number of amides is 1. The van der Waals surface area contributed by atoms with E-state index in [9.17, 15) is 4.79 Å². The van der Waals surface area contributed by atoms with E-state index in [4.69, 9.17) is 5.26 Å². The second-order valence-corrected chi connectivity index (χ2v) is 4.41. The second-order valence-electron chi connectivity index (χ2n) is 4.41. The van der Waals surface area contributed by atoms with E-state index in [1.54, 1.807) is 12.1 Å². The van der Waals surface area contributed by atoms with Crippen LogP contribution in [0.2, 0.25) is 0 Å². The van der Waals surface area contributed by atoms with Crippen LogP contribution in [0.4, 0.5) is 5.69 Å². The van der Waals surface area contributed by atoms with E-state index in [0.29, 0.717) is 17.9 Å². The Kier molecular flexibility index (Phi) is 4.71. The molecule has 0 fully saturated rings. The summed E-state index contributed by atoms with van der Waals surface area (Å²) < 4.78 is 0. The summed E-state index contributed by atoms with van der Waals surface area (Å²) in [6, 6.07) is 7.37. The third kappa shape index (κ3) is 3.92. The topological polar surface area (TPSA) is 52.9 Å². The van der Waals surface area contributed by atoms with Crippen molar-refractivity contribution in [1.29, 1.82) is 5.26 Å². The molecule has 3 heteroatoms. The van der Waals surface area contributed by atoms with E-state index in [1.165, 1.54) is 0 Å². The lowest BCUT2D eigenvalue weighted by atomic mass is 10.0. The SMILES string of the molecule is CCC(C)CC(=O)Nc1cc(C#N)ccc1C. The predicted octanol–water partition coefficient (Wildman–Crippen LogP) is 3.24. The maximum Gasteiger partial charge on any atom is 0.224 e. The molecule has 1 amide bonds. The van der Waals surface area contributed by atoms with Crippen molar-refractivity contribution < 1.29 is 4.79 Å². The number of hydrogen-bond acceptors (Lipinski definition) is 2. The molecule has 0 bridgehead atoms. The van der Waals surface area contributed by atoms with Crippen molar-refractivity contribution in [3.63, 3.8) is 0 Å². The summed E-state index contributed by atoms with van der Waals surface area (Å²) >= 11 is 0. The van der Waals surface area contributed by atoms with Gasteiger partial charge in [-0.2, -0.15) is 5.26 Å². The molecule has 0 aliphatic carbocycles. The molecule has 0 aliphatic heterocycles. The van der Waals surface area contributed by atoms with E-state index in [0.717, 1.165) is 17.7 Å². The van der Waals surface area contributed by atoms with Gasteiger partial charge in [0.05, 0.1) is 11.6 Å². The van der Waals surface area contributed by atoms with E-state index in [2.05, 4.69) is 25.2 Å². The number of rotatable bonds is 4. The van der Waals surface area contributed by atoms with Gasteiger partial charge in [0.15, 0.2) is 0 Å². The summed E-state index contributed by atoms with van der Waals surface area (Å²) in [5.74, 6) is 0.395. The Morgan fingerprint density at radius 3 is 2.82 bits per heavy atom. The maximum atomic E-state index is 11.7. The molecule has 0 radical (unpaired) electrons. The van der Waals surface area contributed by atoms with Crippen molar-refractivity contribution >= 4 is 11.6 Å². The summed E-state index contributed by atoms with van der Waals surface area (Å²) in [4.78, 5) is 11.7. The minimum Gasteiger partial charge on any atom is -0.326 e. The summed E-state index contributed by atoms with van der Waals surface area (Å²) in [6.45, 7) is 6.04. The fourth-order valence-electron chi connectivity index (χ4n) is 1.49. The zero-order valence-electron chi connectivity index (χ0n) is 10.6. The molecule has 3 nitrogen and oxygen atoms in total. The monoisotopic (exact) mass is 230 g/mol. The predicted molar refractivity (Wildman–Crippen MR) is 68.6 cm³/mol. The Morgan fingerprint density at radius 1 is 1.53 bits per heavy atom. The number of benzene rings is 1. The van der Waals surface area contributed by atoms with Gasteiger partial charge in [-0.3, -0.25) is 4.79 Å². The van der Waals surface area contributed by atoms with Crippen LogP contribution in [0.1, 0.15) is 37.8 Å². The van der Waals surface area contributed by atoms with Gasteiger partial charge in [-0.15, -0.1) is 0 Å². The summed E-state index contributed by atoms with van der Waals surface area (Å²) in [6.07, 6.45) is 1.51. The molecular formula is C14H18N2O. The van der Waals surface area contributed by atoms with Crippen LogP contribution in [0.25, 0.3) is 0 Å². The number of carbonyl (C=O) groups excluding carboxylic acids is 1. The van der Waals surface area contributed by atoms with Gasteiger partial charge in [0.25, 0.3) is 0 Å². The van der Waals surface area contributed by atoms with Gasteiger partial charge >= 0.3 is 0 Å². The molecule has 1 N–H and O–H groups in total. The summed E-state index contributed by atoms with van der Waals surface area (Å²) in [5.41, 5.74) is 2.27. The fourth-order valence-corrected chi connectivity index (χ4v) is 1.49. The van der Waals surface area contributed by atoms with E-state index >= 15 is 0 Å². The molecule has 1 aromatic carbocycles. The van der Waals surface area contributed by atoms with Crippen molar-refractivity contribution in [3.05, 3.63) is 29.3 Å². The minimum atomic E-state index is 0.0116. The van der Waals surface area contributed by atoms with Crippen LogP contribution < -0.4 is 5.32 Å². The molecule has 17 heavy (non-hydrogen) atoms. The fraction of sp³-hybridized carbons (Fsp3) is 0.429. The molecular weight excluding hydrogens is 212 g/mol. The zero-order chi connectivity index (χ0) is 12.8. The van der Waals surface area contributed by atoms with Gasteiger partial charge in [-0.05, 0) is 30.5 Å².